The zero-order valence-electron chi connectivity index (χ0n) is 19.5. The molecule has 0 fully saturated rings. The molecule has 0 saturated carbocycles. The van der Waals surface area contributed by atoms with Crippen LogP contribution in [-0.2, 0) is 0 Å². The maximum Gasteiger partial charge on any atom is 0.0545 e. The Hall–Kier alpha value is -4.40. The Morgan fingerprint density at radius 1 is 0.444 bits per heavy atom. The molecule has 0 amide bonds. The van der Waals surface area contributed by atoms with Gasteiger partial charge in [0.05, 0.1) is 5.52 Å². The van der Waals surface area contributed by atoms with Crippen molar-refractivity contribution in [2.75, 3.05) is 0 Å². The van der Waals surface area contributed by atoms with Gasteiger partial charge in [0.2, 0.25) is 0 Å². The molecule has 0 radical (unpaired) electrons. The number of thiophene rings is 1. The summed E-state index contributed by atoms with van der Waals surface area (Å²) >= 11 is 1.91. The van der Waals surface area contributed by atoms with Crippen LogP contribution < -0.4 is 0 Å². The van der Waals surface area contributed by atoms with Gasteiger partial charge in [-0.05, 0) is 34.0 Å². The zero-order chi connectivity index (χ0) is 23.6. The minimum atomic E-state index is 1.19. The van der Waals surface area contributed by atoms with Gasteiger partial charge in [-0.2, -0.15) is 0 Å². The maximum atomic E-state index is 3.78. The summed E-state index contributed by atoms with van der Waals surface area (Å²) in [7, 11) is 0. The summed E-state index contributed by atoms with van der Waals surface area (Å²) < 4.78 is 2.69. The van der Waals surface area contributed by atoms with Crippen LogP contribution in [0.4, 0.5) is 0 Å². The smallest absolute Gasteiger partial charge is 0.0545 e. The highest BCUT2D eigenvalue weighted by atomic mass is 32.1. The monoisotopic (exact) mass is 475 g/mol. The fourth-order valence-electron chi connectivity index (χ4n) is 5.71. The molecule has 168 valence electrons. The number of H-pyrrole nitrogens is 1. The normalized spacial score (nSPS) is 11.9. The second-order valence-corrected chi connectivity index (χ2v) is 10.5. The maximum absolute atomic E-state index is 3.78. The summed E-state index contributed by atoms with van der Waals surface area (Å²) in [6, 6.07) is 44.1. The van der Waals surface area contributed by atoms with Gasteiger partial charge in [-0.1, -0.05) is 109 Å². The average Bonchev–Trinajstić information content (AvgIpc) is 3.50. The lowest BCUT2D eigenvalue weighted by Crippen LogP contribution is -1.81. The molecule has 2 heteroatoms. The van der Waals surface area contributed by atoms with Gasteiger partial charge >= 0.3 is 0 Å². The van der Waals surface area contributed by atoms with Gasteiger partial charge in [-0.15, -0.1) is 11.3 Å². The number of nitrogens with one attached hydrogen (secondary N) is 1. The number of para-hydroxylation sites is 1. The van der Waals surface area contributed by atoms with Crippen molar-refractivity contribution >= 4 is 64.1 Å². The number of hydrogen-bond acceptors (Lipinski definition) is 1. The number of hydrogen-bond donors (Lipinski definition) is 1. The minimum Gasteiger partial charge on any atom is -0.354 e. The molecule has 0 aliphatic heterocycles. The molecule has 0 aliphatic carbocycles. The number of benzene rings is 6. The van der Waals surface area contributed by atoms with E-state index in [1.54, 1.807) is 0 Å². The van der Waals surface area contributed by atoms with Crippen LogP contribution in [0.5, 0.6) is 0 Å². The van der Waals surface area contributed by atoms with E-state index < -0.39 is 0 Å². The Balaban J connectivity index is 1.43. The quantitative estimate of drug-likeness (QED) is 0.256. The van der Waals surface area contributed by atoms with Crippen LogP contribution in [0, 0.1) is 0 Å². The van der Waals surface area contributed by atoms with Gasteiger partial charge in [-0.3, -0.25) is 0 Å². The van der Waals surface area contributed by atoms with Crippen molar-refractivity contribution in [3.8, 4) is 22.3 Å². The third kappa shape index (κ3) is 2.82. The molecule has 2 heterocycles. The van der Waals surface area contributed by atoms with E-state index in [0.717, 1.165) is 0 Å². The fourth-order valence-corrected chi connectivity index (χ4v) is 7.08. The van der Waals surface area contributed by atoms with E-state index in [4.69, 9.17) is 0 Å². The first-order chi connectivity index (χ1) is 17.8. The largest absolute Gasteiger partial charge is 0.354 e. The molecular weight excluding hydrogens is 454 g/mol. The number of rotatable bonds is 2. The van der Waals surface area contributed by atoms with Crippen LogP contribution in [0.25, 0.3) is 75.0 Å². The van der Waals surface area contributed by atoms with Crippen molar-refractivity contribution in [1.29, 1.82) is 0 Å². The summed E-state index contributed by atoms with van der Waals surface area (Å²) in [6.45, 7) is 0. The van der Waals surface area contributed by atoms with Gasteiger partial charge < -0.3 is 4.98 Å². The van der Waals surface area contributed by atoms with E-state index >= 15 is 0 Å². The Labute approximate surface area is 212 Å². The molecule has 2 aromatic heterocycles. The van der Waals surface area contributed by atoms with Gasteiger partial charge in [0.25, 0.3) is 0 Å². The van der Waals surface area contributed by atoms with E-state index in [1.807, 2.05) is 11.3 Å². The van der Waals surface area contributed by atoms with Gasteiger partial charge in [0.15, 0.2) is 0 Å². The van der Waals surface area contributed by atoms with Crippen molar-refractivity contribution in [2.24, 2.45) is 0 Å². The van der Waals surface area contributed by atoms with Gasteiger partial charge in [0, 0.05) is 47.6 Å². The standard InChI is InChI=1S/C34H21NS/c1-2-9-21(10-3-1)24-13-6-17-28-29-18-8-16-27(34(29)36-33(24)28)25-14-7-15-26-30-19-22-11-4-5-12-23(22)20-31(30)35-32(25)26/h1-20,35H. The van der Waals surface area contributed by atoms with Crippen molar-refractivity contribution in [3.63, 3.8) is 0 Å². The Kier molecular flexibility index (Phi) is 4.16. The van der Waals surface area contributed by atoms with Crippen LogP contribution in [0.2, 0.25) is 0 Å². The molecule has 0 atom stereocenters. The van der Waals surface area contributed by atoms with Crippen molar-refractivity contribution in [2.45, 2.75) is 0 Å². The molecule has 36 heavy (non-hydrogen) atoms. The molecule has 1 nitrogen and oxygen atoms in total. The third-order valence-electron chi connectivity index (χ3n) is 7.40. The Morgan fingerprint density at radius 3 is 1.83 bits per heavy atom. The molecule has 0 spiro atoms. The predicted octanol–water partition coefficient (Wildman–Crippen LogP) is 10.2. The molecule has 0 bridgehead atoms. The first kappa shape index (κ1) is 19.9. The average molecular weight is 476 g/mol. The number of aromatic nitrogens is 1. The molecule has 8 aromatic rings. The second kappa shape index (κ2) is 7.55. The Morgan fingerprint density at radius 2 is 1.06 bits per heavy atom. The number of aromatic amines is 1. The highest BCUT2D eigenvalue weighted by Gasteiger charge is 2.16. The first-order valence-corrected chi connectivity index (χ1v) is 13.1. The van der Waals surface area contributed by atoms with Crippen LogP contribution >= 0.6 is 11.3 Å². The molecule has 1 N–H and O–H groups in total. The molecule has 6 aromatic carbocycles. The van der Waals surface area contributed by atoms with E-state index in [2.05, 4.69) is 126 Å². The highest BCUT2D eigenvalue weighted by Crippen LogP contribution is 2.45. The lowest BCUT2D eigenvalue weighted by atomic mass is 9.98. The van der Waals surface area contributed by atoms with Crippen LogP contribution in [0.1, 0.15) is 0 Å². The molecule has 0 aliphatic rings. The summed E-state index contributed by atoms with van der Waals surface area (Å²) in [5.74, 6) is 0. The lowest BCUT2D eigenvalue weighted by Gasteiger charge is -2.05. The van der Waals surface area contributed by atoms with Crippen molar-refractivity contribution in [1.82, 2.24) is 4.98 Å². The Bertz CT molecular complexity index is 2090. The SMILES string of the molecule is c1ccc(-c2cccc3c2sc2c(-c4cccc5c4[nH]c4cc6ccccc6cc45)cccc23)cc1. The van der Waals surface area contributed by atoms with Crippen molar-refractivity contribution < 1.29 is 0 Å². The topological polar surface area (TPSA) is 15.8 Å². The summed E-state index contributed by atoms with van der Waals surface area (Å²) in [5, 5.41) is 7.74. The lowest BCUT2D eigenvalue weighted by molar-refractivity contribution is 1.55. The summed E-state index contributed by atoms with van der Waals surface area (Å²) in [5.41, 5.74) is 7.50. The van der Waals surface area contributed by atoms with Crippen molar-refractivity contribution in [3.05, 3.63) is 121 Å². The van der Waals surface area contributed by atoms with E-state index in [-0.39, 0.29) is 0 Å². The van der Waals surface area contributed by atoms with Gasteiger partial charge in [0.1, 0.15) is 0 Å². The van der Waals surface area contributed by atoms with E-state index in [0.29, 0.717) is 0 Å². The molecular formula is C34H21NS. The van der Waals surface area contributed by atoms with Crippen LogP contribution in [-0.4, -0.2) is 4.98 Å². The summed E-state index contributed by atoms with van der Waals surface area (Å²) in [6.07, 6.45) is 0. The van der Waals surface area contributed by atoms with Crippen LogP contribution in [0.15, 0.2) is 121 Å². The zero-order valence-corrected chi connectivity index (χ0v) is 20.3. The molecule has 0 unspecified atom stereocenters. The highest BCUT2D eigenvalue weighted by molar-refractivity contribution is 7.26. The predicted molar refractivity (Wildman–Crippen MR) is 157 cm³/mol. The van der Waals surface area contributed by atoms with E-state index in [1.165, 1.54) is 75.0 Å². The molecule has 8 rings (SSSR count). The first-order valence-electron chi connectivity index (χ1n) is 12.3. The van der Waals surface area contributed by atoms with E-state index in [9.17, 15) is 0 Å². The van der Waals surface area contributed by atoms with Crippen LogP contribution in [0.3, 0.4) is 0 Å². The second-order valence-electron chi connectivity index (χ2n) is 9.43. The molecule has 0 saturated heterocycles. The minimum absolute atomic E-state index is 1.19. The summed E-state index contributed by atoms with van der Waals surface area (Å²) in [4.78, 5) is 3.78. The van der Waals surface area contributed by atoms with Gasteiger partial charge in [-0.25, -0.2) is 0 Å². The third-order valence-corrected chi connectivity index (χ3v) is 8.69. The number of fused-ring (bicyclic) bond motifs is 7. The fraction of sp³-hybridized carbons (Fsp3) is 0.